The minimum atomic E-state index is -0.475. The van der Waals surface area contributed by atoms with E-state index in [1.807, 2.05) is 18.2 Å². The Balaban J connectivity index is 1.39. The highest BCUT2D eigenvalue weighted by atomic mass is 35.5. The Kier molecular flexibility index (Phi) is 7.62. The van der Waals surface area contributed by atoms with Gasteiger partial charge in [0, 0.05) is 57.5 Å². The number of halogens is 2. The zero-order chi connectivity index (χ0) is 22.5. The molecule has 1 aromatic carbocycles. The van der Waals surface area contributed by atoms with Crippen LogP contribution in [0.15, 0.2) is 24.4 Å². The molecule has 0 bridgehead atoms. The van der Waals surface area contributed by atoms with Gasteiger partial charge in [0.05, 0.1) is 23.5 Å². The highest BCUT2D eigenvalue weighted by Gasteiger charge is 2.21. The molecule has 0 spiro atoms. The Morgan fingerprint density at radius 1 is 1.16 bits per heavy atom. The number of hydrogen-bond acceptors (Lipinski definition) is 8. The Morgan fingerprint density at radius 2 is 1.91 bits per heavy atom. The van der Waals surface area contributed by atoms with Gasteiger partial charge in [-0.2, -0.15) is 4.98 Å². The smallest absolute Gasteiger partial charge is 0.229 e. The van der Waals surface area contributed by atoms with Crippen LogP contribution in [0.5, 0.6) is 0 Å². The molecule has 0 aliphatic carbocycles. The molecule has 2 aliphatic heterocycles. The molecule has 0 amide bonds. The minimum absolute atomic E-state index is 0.138. The van der Waals surface area contributed by atoms with E-state index in [9.17, 15) is 4.39 Å². The average Bonchev–Trinajstić information content (AvgIpc) is 2.78. The van der Waals surface area contributed by atoms with Gasteiger partial charge in [-0.05, 0) is 38.1 Å². The third-order valence-corrected chi connectivity index (χ3v) is 6.44. The average molecular weight is 464 g/mol. The summed E-state index contributed by atoms with van der Waals surface area (Å²) in [6, 6.07) is 5.93. The number of likely N-dealkylation sites (N-methyl/N-ethyl adjacent to an activating group) is 1. The first kappa shape index (κ1) is 23.0. The van der Waals surface area contributed by atoms with Gasteiger partial charge in [0.15, 0.2) is 11.6 Å². The molecule has 1 aromatic heterocycles. The predicted octanol–water partition coefficient (Wildman–Crippen LogP) is 2.63. The zero-order valence-corrected chi connectivity index (χ0v) is 19.2. The van der Waals surface area contributed by atoms with E-state index in [-0.39, 0.29) is 18.5 Å². The largest absolute Gasteiger partial charge is 0.395 e. The van der Waals surface area contributed by atoms with Crippen LogP contribution in [-0.4, -0.2) is 90.4 Å². The van der Waals surface area contributed by atoms with Crippen LogP contribution in [-0.2, 0) is 0 Å². The molecule has 3 heterocycles. The lowest BCUT2D eigenvalue weighted by Gasteiger charge is -2.34. The molecule has 2 aliphatic rings. The number of aliphatic hydroxyl groups excluding tert-OH is 1. The number of hydrogen-bond donors (Lipinski definition) is 3. The molecule has 0 unspecified atom stereocenters. The van der Waals surface area contributed by atoms with Crippen molar-refractivity contribution in [3.8, 4) is 0 Å². The van der Waals surface area contributed by atoms with Gasteiger partial charge in [-0.15, -0.1) is 0 Å². The standard InChI is InChI=1S/C22H31ClFN7O/c1-29-8-10-31(11-9-29)20-3-2-17(14-18(20)23)27-22-25-15-19(24)21(28-22)26-16-4-6-30(7-5-16)12-13-32/h2-3,14-16,32H,4-13H2,1H3,(H2,25,26,27,28). The van der Waals surface area contributed by atoms with E-state index in [1.54, 1.807) is 0 Å². The van der Waals surface area contributed by atoms with E-state index in [0.717, 1.165) is 63.5 Å². The van der Waals surface area contributed by atoms with Crippen LogP contribution >= 0.6 is 11.6 Å². The summed E-state index contributed by atoms with van der Waals surface area (Å²) in [7, 11) is 2.12. The molecule has 174 valence electrons. The van der Waals surface area contributed by atoms with Crippen molar-refractivity contribution in [1.29, 1.82) is 0 Å². The predicted molar refractivity (Wildman–Crippen MR) is 127 cm³/mol. The minimum Gasteiger partial charge on any atom is -0.395 e. The molecule has 4 rings (SSSR count). The lowest BCUT2D eigenvalue weighted by Crippen LogP contribution is -2.44. The maximum absolute atomic E-state index is 14.3. The van der Waals surface area contributed by atoms with Crippen LogP contribution in [0.25, 0.3) is 0 Å². The Bertz CT molecular complexity index is 902. The summed E-state index contributed by atoms with van der Waals surface area (Å²) < 4.78 is 14.3. The molecular formula is C22H31ClFN7O. The number of rotatable bonds is 7. The van der Waals surface area contributed by atoms with E-state index >= 15 is 0 Å². The normalized spacial score (nSPS) is 18.7. The fraction of sp³-hybridized carbons (Fsp3) is 0.545. The first-order valence-corrected chi connectivity index (χ1v) is 11.5. The molecule has 2 fully saturated rings. The summed E-state index contributed by atoms with van der Waals surface area (Å²) in [6.07, 6.45) is 2.92. The van der Waals surface area contributed by atoms with Crippen LogP contribution in [0.1, 0.15) is 12.8 Å². The van der Waals surface area contributed by atoms with Gasteiger partial charge in [-0.3, -0.25) is 0 Å². The third kappa shape index (κ3) is 5.78. The number of benzene rings is 1. The van der Waals surface area contributed by atoms with Gasteiger partial charge >= 0.3 is 0 Å². The highest BCUT2D eigenvalue weighted by molar-refractivity contribution is 6.33. The molecule has 0 radical (unpaired) electrons. The van der Waals surface area contributed by atoms with Crippen LogP contribution in [0, 0.1) is 5.82 Å². The van der Waals surface area contributed by atoms with E-state index < -0.39 is 5.82 Å². The van der Waals surface area contributed by atoms with Crippen molar-refractivity contribution in [2.75, 3.05) is 75.0 Å². The molecule has 0 saturated carbocycles. The lowest BCUT2D eigenvalue weighted by molar-refractivity contribution is 0.168. The first-order valence-electron chi connectivity index (χ1n) is 11.1. The number of nitrogens with zero attached hydrogens (tertiary/aromatic N) is 5. The summed E-state index contributed by atoms with van der Waals surface area (Å²) in [6.45, 7) is 6.48. The molecule has 2 saturated heterocycles. The second-order valence-electron chi connectivity index (χ2n) is 8.46. The van der Waals surface area contributed by atoms with E-state index in [1.165, 1.54) is 6.20 Å². The van der Waals surface area contributed by atoms with Crippen LogP contribution < -0.4 is 15.5 Å². The van der Waals surface area contributed by atoms with Crippen molar-refractivity contribution in [1.82, 2.24) is 19.8 Å². The van der Waals surface area contributed by atoms with Gasteiger partial charge in [0.2, 0.25) is 5.95 Å². The SMILES string of the molecule is CN1CCN(c2ccc(Nc3ncc(F)c(NC4CCN(CCO)CC4)n3)cc2Cl)CC1. The van der Waals surface area contributed by atoms with E-state index in [4.69, 9.17) is 16.7 Å². The number of nitrogens with one attached hydrogen (secondary N) is 2. The van der Waals surface area contributed by atoms with Crippen molar-refractivity contribution >= 4 is 34.7 Å². The van der Waals surface area contributed by atoms with Crippen LogP contribution in [0.3, 0.4) is 0 Å². The van der Waals surface area contributed by atoms with Crippen molar-refractivity contribution < 1.29 is 9.50 Å². The Hall–Kier alpha value is -2.20. The van der Waals surface area contributed by atoms with Crippen molar-refractivity contribution in [2.45, 2.75) is 18.9 Å². The molecule has 0 atom stereocenters. The fourth-order valence-corrected chi connectivity index (χ4v) is 4.48. The quantitative estimate of drug-likeness (QED) is 0.578. The number of aliphatic hydroxyl groups is 1. The molecule has 10 heteroatoms. The number of anilines is 4. The molecule has 8 nitrogen and oxygen atoms in total. The van der Waals surface area contributed by atoms with Gasteiger partial charge in [-0.1, -0.05) is 11.6 Å². The Labute approximate surface area is 193 Å². The highest BCUT2D eigenvalue weighted by Crippen LogP contribution is 2.30. The van der Waals surface area contributed by atoms with Gasteiger partial charge < -0.3 is 30.4 Å². The maximum Gasteiger partial charge on any atom is 0.229 e. The topological polar surface area (TPSA) is 79.8 Å². The number of piperidine rings is 1. The second kappa shape index (κ2) is 10.6. The van der Waals surface area contributed by atoms with Crippen LogP contribution in [0.4, 0.5) is 27.5 Å². The number of β-amino-alcohol motifs (C(OH)–C–C–N with tert-alkyl or cyclic N) is 1. The second-order valence-corrected chi connectivity index (χ2v) is 8.86. The monoisotopic (exact) mass is 463 g/mol. The van der Waals surface area contributed by atoms with Crippen molar-refractivity contribution in [3.05, 3.63) is 35.2 Å². The van der Waals surface area contributed by atoms with Crippen LogP contribution in [0.2, 0.25) is 5.02 Å². The van der Waals surface area contributed by atoms with Gasteiger partial charge in [0.25, 0.3) is 0 Å². The van der Waals surface area contributed by atoms with Crippen molar-refractivity contribution in [2.24, 2.45) is 0 Å². The lowest BCUT2D eigenvalue weighted by atomic mass is 10.1. The molecule has 32 heavy (non-hydrogen) atoms. The van der Waals surface area contributed by atoms with Gasteiger partial charge in [0.1, 0.15) is 0 Å². The maximum atomic E-state index is 14.3. The summed E-state index contributed by atoms with van der Waals surface area (Å²) in [4.78, 5) is 15.2. The summed E-state index contributed by atoms with van der Waals surface area (Å²) in [5.41, 5.74) is 1.77. The van der Waals surface area contributed by atoms with E-state index in [2.05, 4.69) is 42.3 Å². The number of likely N-dealkylation sites (tertiary alicyclic amines) is 1. The molecule has 2 aromatic rings. The Morgan fingerprint density at radius 3 is 2.59 bits per heavy atom. The summed E-state index contributed by atoms with van der Waals surface area (Å²) >= 11 is 6.56. The first-order chi connectivity index (χ1) is 15.5. The molecular weight excluding hydrogens is 433 g/mol. The number of aromatic nitrogens is 2. The molecule has 3 N–H and O–H groups in total. The summed E-state index contributed by atoms with van der Waals surface area (Å²) in [5, 5.41) is 16.1. The summed E-state index contributed by atoms with van der Waals surface area (Å²) in [5.74, 6) is 0.0371. The number of piperazine rings is 1. The zero-order valence-electron chi connectivity index (χ0n) is 18.4. The fourth-order valence-electron chi connectivity index (χ4n) is 4.18. The van der Waals surface area contributed by atoms with E-state index in [0.29, 0.717) is 17.5 Å². The third-order valence-electron chi connectivity index (χ3n) is 6.14. The van der Waals surface area contributed by atoms with Gasteiger partial charge in [-0.25, -0.2) is 9.37 Å². The van der Waals surface area contributed by atoms with Crippen molar-refractivity contribution in [3.63, 3.8) is 0 Å².